The second kappa shape index (κ2) is 7.11. The Bertz CT molecular complexity index is 573. The first-order chi connectivity index (χ1) is 11.0. The molecule has 0 bridgehead atoms. The summed E-state index contributed by atoms with van der Waals surface area (Å²) in [7, 11) is -0.407. The van der Waals surface area contributed by atoms with E-state index in [2.05, 4.69) is 103 Å². The minimum atomic E-state index is -1.90. The zero-order chi connectivity index (χ0) is 20.0. The van der Waals surface area contributed by atoms with Gasteiger partial charge in [0.15, 0.2) is 0 Å². The molecule has 6 heteroatoms. The molecule has 1 aromatic carbocycles. The number of aliphatic hydroxyl groups excluding tert-OH is 1. The number of aliphatic hydroxyl groups is 1. The molecule has 0 fully saturated rings. The predicted molar refractivity (Wildman–Crippen MR) is 126 cm³/mol. The van der Waals surface area contributed by atoms with Gasteiger partial charge < -0.3 is 10.0 Å². The molecule has 1 atom stereocenters. The highest BCUT2D eigenvalue weighted by molar-refractivity contribution is 7.89. The van der Waals surface area contributed by atoms with Crippen LogP contribution in [-0.4, -0.2) is 48.6 Å². The molecular weight excluding hydrogens is 371 g/mol. The van der Waals surface area contributed by atoms with Crippen molar-refractivity contribution in [3.8, 4) is 0 Å². The number of nitrogens with zero attached hydrogens (tertiary/aromatic N) is 1. The molecular formula is C19H41NOSi4. The third kappa shape index (κ3) is 3.93. The third-order valence-corrected chi connectivity index (χ3v) is 78.4. The number of benzene rings is 1. The Morgan fingerprint density at radius 3 is 1.52 bits per heavy atom. The van der Waals surface area contributed by atoms with Gasteiger partial charge in [-0.2, -0.15) is 0 Å². The molecule has 1 aromatic rings. The molecule has 0 aliphatic rings. The van der Waals surface area contributed by atoms with Crippen molar-refractivity contribution in [3.05, 3.63) is 29.3 Å². The Morgan fingerprint density at radius 2 is 1.20 bits per heavy atom. The van der Waals surface area contributed by atoms with Crippen LogP contribution in [0.25, 0.3) is 0 Å². The summed E-state index contributed by atoms with van der Waals surface area (Å²) in [5, 5.41) is 12.1. The van der Waals surface area contributed by atoms with Crippen LogP contribution in [0.15, 0.2) is 18.2 Å². The second-order valence-electron chi connectivity index (χ2n) is 10.9. The van der Waals surface area contributed by atoms with E-state index >= 15 is 0 Å². The van der Waals surface area contributed by atoms with Crippen LogP contribution in [0.1, 0.15) is 16.9 Å². The van der Waals surface area contributed by atoms with Crippen LogP contribution < -0.4 is 4.90 Å². The van der Waals surface area contributed by atoms with Gasteiger partial charge in [-0.1, -0.05) is 76.6 Å². The summed E-state index contributed by atoms with van der Waals surface area (Å²) in [6.07, 6.45) is 0. The number of aryl methyl sites for hydroxylation is 1. The lowest BCUT2D eigenvalue weighted by Gasteiger charge is -2.59. The van der Waals surface area contributed by atoms with Crippen molar-refractivity contribution >= 4 is 35.1 Å². The molecule has 0 saturated carbocycles. The molecule has 0 aliphatic heterocycles. The molecule has 0 amide bonds. The standard InChI is InChI=1S/C19H41NOSi4/c1-16-13-14-18(20(2)3)17(15-16)19(21)25(22(4,5)6,23(7,8)9)24(10,11)12/h13-15,19,21H,1-12H3. The Hall–Kier alpha value is -0.152. The number of anilines is 1. The fourth-order valence-corrected chi connectivity index (χ4v) is 106. The fourth-order valence-electron chi connectivity index (χ4n) is 6.14. The first kappa shape index (κ1) is 22.9. The Labute approximate surface area is 160 Å². The molecule has 1 unspecified atom stereocenters. The zero-order valence-corrected chi connectivity index (χ0v) is 22.7. The fraction of sp³-hybridized carbons (Fsp3) is 0.684. The summed E-state index contributed by atoms with van der Waals surface area (Å²) in [5.41, 5.74) is 3.41. The average molecular weight is 412 g/mol. The first-order valence-corrected chi connectivity index (χ1v) is 25.0. The number of hydrogen-bond acceptors (Lipinski definition) is 2. The van der Waals surface area contributed by atoms with Crippen LogP contribution in [0.2, 0.25) is 58.9 Å². The second-order valence-corrected chi connectivity index (χ2v) is 51.7. The summed E-state index contributed by atoms with van der Waals surface area (Å²) in [6.45, 7) is 23.2. The molecule has 144 valence electrons. The Morgan fingerprint density at radius 1 is 0.800 bits per heavy atom. The van der Waals surface area contributed by atoms with Crippen molar-refractivity contribution < 1.29 is 5.11 Å². The van der Waals surface area contributed by atoms with E-state index in [9.17, 15) is 5.11 Å². The van der Waals surface area contributed by atoms with E-state index in [1.807, 2.05) is 0 Å². The molecule has 0 aromatic heterocycles. The quantitative estimate of drug-likeness (QED) is 0.639. The van der Waals surface area contributed by atoms with Crippen LogP contribution in [0.3, 0.4) is 0 Å². The van der Waals surface area contributed by atoms with Crippen molar-refractivity contribution in [1.82, 2.24) is 0 Å². The van der Waals surface area contributed by atoms with Gasteiger partial charge in [-0.25, -0.2) is 0 Å². The Kier molecular flexibility index (Phi) is 6.51. The maximum atomic E-state index is 12.1. The minimum absolute atomic E-state index is 0.241. The van der Waals surface area contributed by atoms with Gasteiger partial charge in [-0.05, 0) is 18.6 Å². The van der Waals surface area contributed by atoms with Crippen molar-refractivity contribution in [2.24, 2.45) is 0 Å². The lowest BCUT2D eigenvalue weighted by molar-refractivity contribution is 0.256. The summed E-state index contributed by atoms with van der Waals surface area (Å²) in [5.74, 6) is 0. The molecule has 0 spiro atoms. The van der Waals surface area contributed by atoms with Gasteiger partial charge in [0.05, 0.1) is 12.4 Å². The monoisotopic (exact) mass is 411 g/mol. The van der Waals surface area contributed by atoms with Gasteiger partial charge in [-0.3, -0.25) is 0 Å². The highest BCUT2D eigenvalue weighted by Crippen LogP contribution is 2.46. The highest BCUT2D eigenvalue weighted by atomic mass is 29.9. The Balaban J connectivity index is 3.89. The molecule has 0 aliphatic carbocycles. The first-order valence-electron chi connectivity index (χ1n) is 9.44. The van der Waals surface area contributed by atoms with Gasteiger partial charge >= 0.3 is 0 Å². The molecule has 25 heavy (non-hydrogen) atoms. The van der Waals surface area contributed by atoms with Crippen LogP contribution in [0.5, 0.6) is 0 Å². The van der Waals surface area contributed by atoms with E-state index in [0.29, 0.717) is 0 Å². The predicted octanol–water partition coefficient (Wildman–Crippen LogP) is 5.33. The summed E-state index contributed by atoms with van der Waals surface area (Å²) in [6, 6.07) is 6.64. The van der Waals surface area contributed by atoms with E-state index < -0.39 is 29.4 Å². The van der Waals surface area contributed by atoms with Crippen LogP contribution in [-0.2, 0) is 0 Å². The zero-order valence-electron chi connectivity index (χ0n) is 18.7. The van der Waals surface area contributed by atoms with Crippen molar-refractivity contribution in [2.75, 3.05) is 19.0 Å². The lowest BCUT2D eigenvalue weighted by atomic mass is 10.1. The maximum Gasteiger partial charge on any atom is 0.0759 e. The SMILES string of the molecule is Cc1ccc(N(C)C)c(C(O)[Si]([Si](C)(C)C)([Si](C)(C)C)[Si](C)(C)C)c1. The van der Waals surface area contributed by atoms with Gasteiger partial charge in [0.25, 0.3) is 0 Å². The third-order valence-electron chi connectivity index (χ3n) is 5.92. The largest absolute Gasteiger partial charge is 0.393 e. The lowest BCUT2D eigenvalue weighted by Crippen LogP contribution is -2.85. The van der Waals surface area contributed by atoms with Crippen LogP contribution in [0, 0.1) is 6.92 Å². The smallest absolute Gasteiger partial charge is 0.0759 e. The number of rotatable bonds is 6. The molecule has 2 nitrogen and oxygen atoms in total. The summed E-state index contributed by atoms with van der Waals surface area (Å²) in [4.78, 5) is 2.18. The molecule has 0 heterocycles. The van der Waals surface area contributed by atoms with Crippen molar-refractivity contribution in [2.45, 2.75) is 71.6 Å². The van der Waals surface area contributed by atoms with Gasteiger partial charge in [0, 0.05) is 42.6 Å². The van der Waals surface area contributed by atoms with E-state index in [1.165, 1.54) is 16.8 Å². The minimum Gasteiger partial charge on any atom is -0.393 e. The van der Waals surface area contributed by atoms with E-state index in [1.54, 1.807) is 0 Å². The topological polar surface area (TPSA) is 23.5 Å². The summed E-state index contributed by atoms with van der Waals surface area (Å²) < 4.78 is 0. The van der Waals surface area contributed by atoms with Crippen molar-refractivity contribution in [1.29, 1.82) is 0 Å². The molecule has 1 N–H and O–H groups in total. The molecule has 1 rings (SSSR count). The average Bonchev–Trinajstić information content (AvgIpc) is 2.32. The van der Waals surface area contributed by atoms with Gasteiger partial charge in [-0.15, -0.1) is 0 Å². The summed E-state index contributed by atoms with van der Waals surface area (Å²) >= 11 is 0. The van der Waals surface area contributed by atoms with E-state index in [4.69, 9.17) is 0 Å². The van der Waals surface area contributed by atoms with E-state index in [-0.39, 0.29) is 5.73 Å². The van der Waals surface area contributed by atoms with E-state index in [0.717, 1.165) is 0 Å². The highest BCUT2D eigenvalue weighted by Gasteiger charge is 2.65. The molecule has 0 radical (unpaired) electrons. The molecule has 0 saturated heterocycles. The van der Waals surface area contributed by atoms with Crippen LogP contribution in [0.4, 0.5) is 5.69 Å². The van der Waals surface area contributed by atoms with Gasteiger partial charge in [0.2, 0.25) is 0 Å². The number of hydrogen-bond donors (Lipinski definition) is 1. The van der Waals surface area contributed by atoms with Crippen LogP contribution >= 0.6 is 0 Å². The normalized spacial score (nSPS) is 15.2. The maximum absolute atomic E-state index is 12.1. The van der Waals surface area contributed by atoms with Crippen molar-refractivity contribution in [3.63, 3.8) is 0 Å². The van der Waals surface area contributed by atoms with Gasteiger partial charge in [0.1, 0.15) is 0 Å².